The third-order valence-corrected chi connectivity index (χ3v) is 2.59. The predicted molar refractivity (Wildman–Crippen MR) is 69.9 cm³/mol. The summed E-state index contributed by atoms with van der Waals surface area (Å²) in [5.41, 5.74) is 2.64. The van der Waals surface area contributed by atoms with Crippen LogP contribution in [-0.4, -0.2) is 22.3 Å². The molecule has 0 heterocycles. The van der Waals surface area contributed by atoms with Crippen LogP contribution >= 0.6 is 0 Å². The summed E-state index contributed by atoms with van der Waals surface area (Å²) in [5.74, 6) is -0.385. The summed E-state index contributed by atoms with van der Waals surface area (Å²) in [4.78, 5) is 10.7. The minimum atomic E-state index is -0.498. The first-order valence-corrected chi connectivity index (χ1v) is 6.06. The van der Waals surface area contributed by atoms with E-state index in [-0.39, 0.29) is 12.3 Å². The molecule has 0 fully saturated rings. The third kappa shape index (κ3) is 6.18. The molecule has 0 saturated carbocycles. The fourth-order valence-electron chi connectivity index (χ4n) is 1.58. The van der Waals surface area contributed by atoms with Crippen molar-refractivity contribution in [2.45, 2.75) is 31.8 Å². The highest BCUT2D eigenvalue weighted by atomic mass is 16.5. The van der Waals surface area contributed by atoms with E-state index in [2.05, 4.69) is 0 Å². The first-order valence-electron chi connectivity index (χ1n) is 6.06. The topological polar surface area (TPSA) is 69.6 Å². The van der Waals surface area contributed by atoms with E-state index in [1.165, 1.54) is 0 Å². The summed E-state index contributed by atoms with van der Waals surface area (Å²) in [5, 5.41) is 18.0. The number of rotatable bonds is 7. The van der Waals surface area contributed by atoms with E-state index in [9.17, 15) is 9.90 Å². The van der Waals surface area contributed by atoms with Gasteiger partial charge in [0.15, 0.2) is 0 Å². The molecule has 0 bridgehead atoms. The highest BCUT2D eigenvalue weighted by molar-refractivity contribution is 5.74. The van der Waals surface area contributed by atoms with E-state index in [1.807, 2.05) is 36.4 Å². The summed E-state index contributed by atoms with van der Waals surface area (Å²) in [6.45, 7) is 0. The molecule has 1 unspecified atom stereocenters. The Morgan fingerprint density at radius 2 is 2.00 bits per heavy atom. The highest BCUT2D eigenvalue weighted by Crippen LogP contribution is 2.07. The van der Waals surface area contributed by atoms with Crippen molar-refractivity contribution in [1.29, 1.82) is 0 Å². The summed E-state index contributed by atoms with van der Waals surface area (Å²) in [7, 11) is 0. The fourth-order valence-corrected chi connectivity index (χ4v) is 1.58. The first-order chi connectivity index (χ1) is 8.72. The smallest absolute Gasteiger partial charge is 0.243 e. The molecule has 1 rings (SSSR count). The van der Waals surface area contributed by atoms with Gasteiger partial charge in [-0.15, -0.1) is 0 Å². The molecule has 0 aliphatic carbocycles. The minimum Gasteiger partial charge on any atom is -0.389 e. The van der Waals surface area contributed by atoms with Crippen LogP contribution in [0, 0.1) is 0 Å². The van der Waals surface area contributed by atoms with E-state index < -0.39 is 6.10 Å². The van der Waals surface area contributed by atoms with Crippen molar-refractivity contribution in [2.75, 3.05) is 0 Å². The molecule has 98 valence electrons. The number of hydrogen-bond donors (Lipinski definition) is 3. The average Bonchev–Trinajstić information content (AvgIpc) is 2.42. The van der Waals surface area contributed by atoms with Crippen molar-refractivity contribution in [3.8, 4) is 0 Å². The largest absolute Gasteiger partial charge is 0.389 e. The molecular formula is C14H19NO3. The molecule has 1 aromatic rings. The van der Waals surface area contributed by atoms with Crippen molar-refractivity contribution in [3.05, 3.63) is 42.0 Å². The number of carbonyl (C=O) groups excluding carboxylic acids is 1. The number of amides is 1. The summed E-state index contributed by atoms with van der Waals surface area (Å²) in [6.07, 6.45) is 5.43. The molecule has 0 radical (unpaired) electrons. The normalized spacial score (nSPS) is 12.6. The van der Waals surface area contributed by atoms with Gasteiger partial charge in [0.25, 0.3) is 0 Å². The van der Waals surface area contributed by atoms with Crippen molar-refractivity contribution < 1.29 is 15.1 Å². The Balaban J connectivity index is 2.19. The van der Waals surface area contributed by atoms with Gasteiger partial charge in [0.1, 0.15) is 0 Å². The zero-order chi connectivity index (χ0) is 13.2. The molecule has 1 amide bonds. The van der Waals surface area contributed by atoms with E-state index in [1.54, 1.807) is 11.6 Å². The van der Waals surface area contributed by atoms with Crippen LogP contribution in [0.2, 0.25) is 0 Å². The second kappa shape index (κ2) is 8.44. The lowest BCUT2D eigenvalue weighted by Crippen LogP contribution is -2.17. The molecule has 4 heteroatoms. The Labute approximate surface area is 107 Å². The maximum Gasteiger partial charge on any atom is 0.243 e. The molecule has 0 aliphatic rings. The summed E-state index contributed by atoms with van der Waals surface area (Å²) >= 11 is 0. The lowest BCUT2D eigenvalue weighted by Gasteiger charge is -2.04. The maximum absolute atomic E-state index is 10.7. The van der Waals surface area contributed by atoms with E-state index in [4.69, 9.17) is 5.21 Å². The first kappa shape index (κ1) is 14.4. The van der Waals surface area contributed by atoms with Gasteiger partial charge in [0.05, 0.1) is 6.10 Å². The molecule has 0 saturated heterocycles. The standard InChI is InChI=1S/C14H19NO3/c16-13(8-4-5-9-14(17)15-18)11-10-12-6-2-1-3-7-12/h1-3,6-7,10-11,13,16,18H,4-5,8-9H2,(H,15,17)/b11-10+. The molecule has 0 aromatic heterocycles. The van der Waals surface area contributed by atoms with Crippen LogP contribution in [0.15, 0.2) is 36.4 Å². The van der Waals surface area contributed by atoms with Gasteiger partial charge in [-0.05, 0) is 18.4 Å². The predicted octanol–water partition coefficient (Wildman–Crippen LogP) is 2.13. The Kier molecular flexibility index (Phi) is 6.76. The van der Waals surface area contributed by atoms with Gasteiger partial charge in [-0.25, -0.2) is 5.48 Å². The number of nitrogens with one attached hydrogen (secondary N) is 1. The van der Waals surface area contributed by atoms with E-state index in [0.717, 1.165) is 12.0 Å². The van der Waals surface area contributed by atoms with E-state index >= 15 is 0 Å². The Hall–Kier alpha value is -1.65. The summed E-state index contributed by atoms with van der Waals surface area (Å²) < 4.78 is 0. The minimum absolute atomic E-state index is 0.283. The Morgan fingerprint density at radius 1 is 1.28 bits per heavy atom. The Bertz CT molecular complexity index is 376. The number of aliphatic hydroxyl groups excluding tert-OH is 1. The second-order valence-electron chi connectivity index (χ2n) is 4.12. The van der Waals surface area contributed by atoms with Gasteiger partial charge in [-0.1, -0.05) is 48.9 Å². The Morgan fingerprint density at radius 3 is 2.67 bits per heavy atom. The fraction of sp³-hybridized carbons (Fsp3) is 0.357. The van der Waals surface area contributed by atoms with Crippen molar-refractivity contribution in [1.82, 2.24) is 5.48 Å². The van der Waals surface area contributed by atoms with Gasteiger partial charge >= 0.3 is 0 Å². The number of hydrogen-bond acceptors (Lipinski definition) is 3. The molecule has 18 heavy (non-hydrogen) atoms. The third-order valence-electron chi connectivity index (χ3n) is 2.59. The number of hydroxylamine groups is 1. The SMILES string of the molecule is O=C(CCCCC(O)/C=C/c1ccccc1)NO. The lowest BCUT2D eigenvalue weighted by molar-refractivity contribution is -0.129. The van der Waals surface area contributed by atoms with Crippen LogP contribution in [0.25, 0.3) is 6.08 Å². The molecule has 0 spiro atoms. The molecule has 4 nitrogen and oxygen atoms in total. The van der Waals surface area contributed by atoms with Gasteiger partial charge in [0, 0.05) is 6.42 Å². The number of benzene rings is 1. The van der Waals surface area contributed by atoms with Gasteiger partial charge in [-0.3, -0.25) is 10.0 Å². The lowest BCUT2D eigenvalue weighted by atomic mass is 10.1. The van der Waals surface area contributed by atoms with Gasteiger partial charge in [0.2, 0.25) is 5.91 Å². The summed E-state index contributed by atoms with van der Waals surface area (Å²) in [6, 6.07) is 9.77. The molecule has 3 N–H and O–H groups in total. The molecule has 1 atom stereocenters. The molecule has 1 aromatic carbocycles. The maximum atomic E-state index is 10.7. The molecule has 0 aliphatic heterocycles. The van der Waals surface area contributed by atoms with Gasteiger partial charge < -0.3 is 5.11 Å². The highest BCUT2D eigenvalue weighted by Gasteiger charge is 2.02. The second-order valence-corrected chi connectivity index (χ2v) is 4.12. The zero-order valence-electron chi connectivity index (χ0n) is 10.2. The van der Waals surface area contributed by atoms with Crippen molar-refractivity contribution in [3.63, 3.8) is 0 Å². The van der Waals surface area contributed by atoms with Crippen LogP contribution < -0.4 is 5.48 Å². The van der Waals surface area contributed by atoms with E-state index in [0.29, 0.717) is 12.8 Å². The number of aliphatic hydroxyl groups is 1. The van der Waals surface area contributed by atoms with Crippen molar-refractivity contribution in [2.24, 2.45) is 0 Å². The van der Waals surface area contributed by atoms with Crippen molar-refractivity contribution >= 4 is 12.0 Å². The molecular weight excluding hydrogens is 230 g/mol. The van der Waals surface area contributed by atoms with Crippen LogP contribution in [0.3, 0.4) is 0 Å². The number of carbonyl (C=O) groups is 1. The quantitative estimate of drug-likeness (QED) is 0.394. The van der Waals surface area contributed by atoms with Crippen LogP contribution in [0.1, 0.15) is 31.2 Å². The zero-order valence-corrected chi connectivity index (χ0v) is 10.2. The van der Waals surface area contributed by atoms with Gasteiger partial charge in [-0.2, -0.15) is 0 Å². The monoisotopic (exact) mass is 249 g/mol. The van der Waals surface area contributed by atoms with Crippen LogP contribution in [0.4, 0.5) is 0 Å². The average molecular weight is 249 g/mol. The van der Waals surface area contributed by atoms with Crippen LogP contribution in [-0.2, 0) is 4.79 Å². The van der Waals surface area contributed by atoms with Crippen LogP contribution in [0.5, 0.6) is 0 Å². The number of unbranched alkanes of at least 4 members (excludes halogenated alkanes) is 1.